The highest BCUT2D eigenvalue weighted by Crippen LogP contribution is 2.24. The largest absolute Gasteiger partial charge is 0.497 e. The maximum Gasteiger partial charge on any atom is 0.121 e. The Hall–Kier alpha value is -1.81. The van der Waals surface area contributed by atoms with Gasteiger partial charge in [0.15, 0.2) is 0 Å². The predicted molar refractivity (Wildman–Crippen MR) is 70.1 cm³/mol. The zero-order valence-electron chi connectivity index (χ0n) is 10.5. The van der Waals surface area contributed by atoms with Crippen molar-refractivity contribution in [2.24, 2.45) is 5.73 Å². The van der Waals surface area contributed by atoms with Gasteiger partial charge in [-0.1, -0.05) is 6.07 Å². The number of benzene rings is 1. The van der Waals surface area contributed by atoms with Crippen molar-refractivity contribution in [1.82, 2.24) is 9.78 Å². The fourth-order valence-corrected chi connectivity index (χ4v) is 2.52. The van der Waals surface area contributed by atoms with Gasteiger partial charge in [-0.05, 0) is 37.0 Å². The summed E-state index contributed by atoms with van der Waals surface area (Å²) in [4.78, 5) is 0. The third-order valence-corrected chi connectivity index (χ3v) is 3.49. The summed E-state index contributed by atoms with van der Waals surface area (Å²) in [5.41, 5.74) is 9.59. The summed E-state index contributed by atoms with van der Waals surface area (Å²) in [5, 5.41) is 4.48. The highest BCUT2D eigenvalue weighted by atomic mass is 16.5. The molecule has 94 valence electrons. The van der Waals surface area contributed by atoms with Gasteiger partial charge in [0.1, 0.15) is 5.75 Å². The van der Waals surface area contributed by atoms with E-state index in [9.17, 15) is 0 Å². The lowest BCUT2D eigenvalue weighted by Crippen LogP contribution is -2.28. The average Bonchev–Trinajstić information content (AvgIpc) is 2.81. The third kappa shape index (κ3) is 1.88. The van der Waals surface area contributed by atoms with Gasteiger partial charge in [0.2, 0.25) is 0 Å². The number of hydrogen-bond acceptors (Lipinski definition) is 3. The highest BCUT2D eigenvalue weighted by molar-refractivity contribution is 5.41. The number of nitrogens with zero attached hydrogens (tertiary/aromatic N) is 2. The summed E-state index contributed by atoms with van der Waals surface area (Å²) >= 11 is 0. The number of nitrogens with two attached hydrogens (primary N) is 1. The van der Waals surface area contributed by atoms with Gasteiger partial charge in [0.05, 0.1) is 19.0 Å². The minimum Gasteiger partial charge on any atom is -0.497 e. The van der Waals surface area contributed by atoms with Gasteiger partial charge in [-0.2, -0.15) is 5.10 Å². The van der Waals surface area contributed by atoms with Crippen molar-refractivity contribution in [3.05, 3.63) is 41.7 Å². The molecule has 18 heavy (non-hydrogen) atoms. The maximum atomic E-state index is 5.99. The molecule has 4 heteroatoms. The molecule has 0 spiro atoms. The zero-order chi connectivity index (χ0) is 12.5. The summed E-state index contributed by atoms with van der Waals surface area (Å²) < 4.78 is 7.26. The Kier molecular flexibility index (Phi) is 2.80. The Morgan fingerprint density at radius 2 is 2.33 bits per heavy atom. The highest BCUT2D eigenvalue weighted by Gasteiger charge is 2.20. The van der Waals surface area contributed by atoms with Crippen LogP contribution in [0.4, 0.5) is 0 Å². The summed E-state index contributed by atoms with van der Waals surface area (Å²) in [6.07, 6.45) is 4.89. The van der Waals surface area contributed by atoms with E-state index in [0.717, 1.165) is 30.7 Å². The van der Waals surface area contributed by atoms with Gasteiger partial charge in [-0.3, -0.25) is 0 Å². The molecule has 1 heterocycles. The summed E-state index contributed by atoms with van der Waals surface area (Å²) in [7, 11) is 1.68. The topological polar surface area (TPSA) is 53.1 Å². The van der Waals surface area contributed by atoms with Crippen LogP contribution < -0.4 is 10.5 Å². The van der Waals surface area contributed by atoms with Crippen LogP contribution in [-0.2, 0) is 12.8 Å². The Balaban J connectivity index is 2.02. The van der Waals surface area contributed by atoms with E-state index in [4.69, 9.17) is 10.5 Å². The average molecular weight is 243 g/mol. The smallest absolute Gasteiger partial charge is 0.121 e. The van der Waals surface area contributed by atoms with Gasteiger partial charge in [-0.15, -0.1) is 0 Å². The molecule has 1 aliphatic carbocycles. The molecule has 1 aliphatic rings. The summed E-state index contributed by atoms with van der Waals surface area (Å²) in [5.74, 6) is 0.851. The molecule has 0 amide bonds. The number of fused-ring (bicyclic) bond motifs is 1. The molecule has 0 bridgehead atoms. The molecule has 0 saturated carbocycles. The Labute approximate surface area is 106 Å². The Morgan fingerprint density at radius 1 is 1.44 bits per heavy atom. The zero-order valence-corrected chi connectivity index (χ0v) is 10.5. The molecule has 3 rings (SSSR count). The molecule has 2 aromatic rings. The fraction of sp³-hybridized carbons (Fsp3) is 0.357. The van der Waals surface area contributed by atoms with Crippen LogP contribution in [0.3, 0.4) is 0 Å². The normalized spacial score (nSPS) is 18.4. The first-order chi connectivity index (χ1) is 8.78. The first-order valence-electron chi connectivity index (χ1n) is 6.23. The second-order valence-electron chi connectivity index (χ2n) is 4.73. The van der Waals surface area contributed by atoms with E-state index in [1.807, 2.05) is 35.1 Å². The van der Waals surface area contributed by atoms with Crippen molar-refractivity contribution in [1.29, 1.82) is 0 Å². The van der Waals surface area contributed by atoms with Crippen molar-refractivity contribution in [2.45, 2.75) is 25.3 Å². The predicted octanol–water partition coefficient (Wildman–Crippen LogP) is 1.70. The lowest BCUT2D eigenvalue weighted by molar-refractivity contribution is 0.414. The SMILES string of the molecule is COc1cccc(-n2ncc3c2CCC(N)C3)c1. The molecular weight excluding hydrogens is 226 g/mol. The van der Waals surface area contributed by atoms with Crippen LogP contribution in [0, 0.1) is 0 Å². The molecule has 0 fully saturated rings. The number of hydrogen-bond donors (Lipinski definition) is 1. The number of aromatic nitrogens is 2. The van der Waals surface area contributed by atoms with Crippen LogP contribution >= 0.6 is 0 Å². The van der Waals surface area contributed by atoms with Crippen LogP contribution in [0.5, 0.6) is 5.75 Å². The maximum absolute atomic E-state index is 5.99. The molecular formula is C14H17N3O. The van der Waals surface area contributed by atoms with Crippen LogP contribution in [0.1, 0.15) is 17.7 Å². The monoisotopic (exact) mass is 243 g/mol. The first kappa shape index (κ1) is 11.3. The van der Waals surface area contributed by atoms with E-state index in [-0.39, 0.29) is 6.04 Å². The molecule has 4 nitrogen and oxygen atoms in total. The second kappa shape index (κ2) is 4.46. The standard InChI is InChI=1S/C14H17N3O/c1-18-13-4-2-3-12(8-13)17-14-6-5-11(15)7-10(14)9-16-17/h2-4,8-9,11H,5-7,15H2,1H3. The van der Waals surface area contributed by atoms with Crippen LogP contribution in [-0.4, -0.2) is 22.9 Å². The van der Waals surface area contributed by atoms with Crippen molar-refractivity contribution >= 4 is 0 Å². The van der Waals surface area contributed by atoms with Gasteiger partial charge in [-0.25, -0.2) is 4.68 Å². The number of ether oxygens (including phenoxy) is 1. The van der Waals surface area contributed by atoms with Crippen molar-refractivity contribution < 1.29 is 4.74 Å². The second-order valence-corrected chi connectivity index (χ2v) is 4.73. The van der Waals surface area contributed by atoms with Gasteiger partial charge >= 0.3 is 0 Å². The van der Waals surface area contributed by atoms with Crippen molar-refractivity contribution in [3.63, 3.8) is 0 Å². The third-order valence-electron chi connectivity index (χ3n) is 3.49. The van der Waals surface area contributed by atoms with Crippen molar-refractivity contribution in [2.75, 3.05) is 7.11 Å². The molecule has 1 aromatic carbocycles. The van der Waals surface area contributed by atoms with E-state index in [1.165, 1.54) is 11.3 Å². The first-order valence-corrected chi connectivity index (χ1v) is 6.23. The number of methoxy groups -OCH3 is 1. The van der Waals surface area contributed by atoms with Gasteiger partial charge in [0.25, 0.3) is 0 Å². The van der Waals surface area contributed by atoms with E-state index in [0.29, 0.717) is 0 Å². The molecule has 2 N–H and O–H groups in total. The summed E-state index contributed by atoms with van der Waals surface area (Å²) in [6.45, 7) is 0. The van der Waals surface area contributed by atoms with Gasteiger partial charge in [0, 0.05) is 17.8 Å². The molecule has 0 radical (unpaired) electrons. The van der Waals surface area contributed by atoms with Crippen molar-refractivity contribution in [3.8, 4) is 11.4 Å². The van der Waals surface area contributed by atoms with E-state index in [1.54, 1.807) is 7.11 Å². The van der Waals surface area contributed by atoms with E-state index in [2.05, 4.69) is 5.10 Å². The minimum atomic E-state index is 0.278. The van der Waals surface area contributed by atoms with E-state index >= 15 is 0 Å². The lowest BCUT2D eigenvalue weighted by atomic mass is 9.94. The molecule has 1 unspecified atom stereocenters. The van der Waals surface area contributed by atoms with Crippen LogP contribution in [0.25, 0.3) is 5.69 Å². The Bertz CT molecular complexity index is 562. The lowest BCUT2D eigenvalue weighted by Gasteiger charge is -2.19. The molecule has 1 aromatic heterocycles. The number of rotatable bonds is 2. The summed E-state index contributed by atoms with van der Waals surface area (Å²) in [6, 6.07) is 8.25. The fourth-order valence-electron chi connectivity index (χ4n) is 2.52. The van der Waals surface area contributed by atoms with E-state index < -0.39 is 0 Å². The minimum absolute atomic E-state index is 0.278. The van der Waals surface area contributed by atoms with Gasteiger partial charge < -0.3 is 10.5 Å². The molecule has 0 aliphatic heterocycles. The molecule has 1 atom stereocenters. The molecule has 0 saturated heterocycles. The van der Waals surface area contributed by atoms with Crippen LogP contribution in [0.15, 0.2) is 30.5 Å². The van der Waals surface area contributed by atoms with Crippen LogP contribution in [0.2, 0.25) is 0 Å². The quantitative estimate of drug-likeness (QED) is 0.873. The Morgan fingerprint density at radius 3 is 3.17 bits per heavy atom.